The van der Waals surface area contributed by atoms with Crippen LogP contribution in [0.4, 0.5) is 5.69 Å². The van der Waals surface area contributed by atoms with Crippen LogP contribution in [0, 0.1) is 6.92 Å². The van der Waals surface area contributed by atoms with E-state index >= 15 is 0 Å². The van der Waals surface area contributed by atoms with Crippen molar-refractivity contribution >= 4 is 43.5 Å². The molecule has 0 unspecified atom stereocenters. The quantitative estimate of drug-likeness (QED) is 0.807. The number of ether oxygens (including phenoxy) is 1. The third kappa shape index (κ3) is 3.61. The highest BCUT2D eigenvalue weighted by Gasteiger charge is 2.10. The molecule has 2 aromatic rings. The molecule has 0 atom stereocenters. The Morgan fingerprint density at radius 3 is 2.55 bits per heavy atom. The number of nitrogens with one attached hydrogen (secondary N) is 1. The molecule has 0 fully saturated rings. The van der Waals surface area contributed by atoms with Crippen LogP contribution < -0.4 is 10.1 Å². The first-order chi connectivity index (χ1) is 9.49. The first kappa shape index (κ1) is 15.1. The van der Waals surface area contributed by atoms with E-state index in [1.807, 2.05) is 31.2 Å². The number of methoxy groups -OCH3 is 1. The summed E-state index contributed by atoms with van der Waals surface area (Å²) in [4.78, 5) is 12.3. The molecule has 0 aromatic heterocycles. The highest BCUT2D eigenvalue weighted by molar-refractivity contribution is 9.10. The molecule has 0 saturated carbocycles. The molecule has 2 aromatic carbocycles. The summed E-state index contributed by atoms with van der Waals surface area (Å²) < 4.78 is 6.84. The summed E-state index contributed by atoms with van der Waals surface area (Å²) in [7, 11) is 1.59. The summed E-state index contributed by atoms with van der Waals surface area (Å²) in [5, 5.41) is 2.87. The minimum Gasteiger partial charge on any atom is -0.497 e. The van der Waals surface area contributed by atoms with E-state index in [4.69, 9.17) is 4.74 Å². The van der Waals surface area contributed by atoms with Gasteiger partial charge >= 0.3 is 0 Å². The molecule has 0 spiro atoms. The minimum atomic E-state index is -0.164. The third-order valence-corrected chi connectivity index (χ3v) is 3.88. The maximum absolute atomic E-state index is 12.3. The Labute approximate surface area is 134 Å². The van der Waals surface area contributed by atoms with Crippen LogP contribution in [0.3, 0.4) is 0 Å². The van der Waals surface area contributed by atoms with E-state index in [0.29, 0.717) is 17.0 Å². The molecule has 5 heteroatoms. The van der Waals surface area contributed by atoms with Crippen molar-refractivity contribution in [1.82, 2.24) is 0 Å². The molecule has 1 amide bonds. The van der Waals surface area contributed by atoms with Crippen LogP contribution in [0.25, 0.3) is 0 Å². The zero-order valence-electron chi connectivity index (χ0n) is 11.0. The number of halogens is 2. The number of rotatable bonds is 3. The molecule has 1 N–H and O–H groups in total. The van der Waals surface area contributed by atoms with Gasteiger partial charge in [0.1, 0.15) is 5.75 Å². The predicted molar refractivity (Wildman–Crippen MR) is 87.5 cm³/mol. The summed E-state index contributed by atoms with van der Waals surface area (Å²) in [5.74, 6) is 0.525. The molecular formula is C15H13Br2NO2. The second kappa shape index (κ2) is 6.41. The largest absolute Gasteiger partial charge is 0.497 e. The molecule has 0 heterocycles. The maximum atomic E-state index is 12.3. The molecule has 0 aliphatic rings. The van der Waals surface area contributed by atoms with E-state index in [1.54, 1.807) is 19.2 Å². The smallest absolute Gasteiger partial charge is 0.255 e. The summed E-state index contributed by atoms with van der Waals surface area (Å²) in [6.45, 7) is 1.95. The van der Waals surface area contributed by atoms with Crippen LogP contribution >= 0.6 is 31.9 Å². The number of benzene rings is 2. The molecule has 0 aliphatic heterocycles. The highest BCUT2D eigenvalue weighted by atomic mass is 79.9. The fourth-order valence-electron chi connectivity index (χ4n) is 1.79. The van der Waals surface area contributed by atoms with E-state index in [0.717, 1.165) is 14.5 Å². The van der Waals surface area contributed by atoms with Crippen LogP contribution in [0.2, 0.25) is 0 Å². The third-order valence-electron chi connectivity index (χ3n) is 2.73. The van der Waals surface area contributed by atoms with E-state index in [1.165, 1.54) is 0 Å². The SMILES string of the molecule is COc1ccc(Br)c(NC(=O)c2cc(C)cc(Br)c2)c1. The van der Waals surface area contributed by atoms with Crippen LogP contribution in [0.5, 0.6) is 5.75 Å². The molecule has 20 heavy (non-hydrogen) atoms. The average molecular weight is 399 g/mol. The van der Waals surface area contributed by atoms with Gasteiger partial charge in [0.25, 0.3) is 5.91 Å². The van der Waals surface area contributed by atoms with Gasteiger partial charge in [0, 0.05) is 20.6 Å². The lowest BCUT2D eigenvalue weighted by molar-refractivity contribution is 0.102. The Morgan fingerprint density at radius 1 is 1.15 bits per heavy atom. The molecule has 3 nitrogen and oxygen atoms in total. The number of carbonyl (C=O) groups excluding carboxylic acids is 1. The van der Waals surface area contributed by atoms with E-state index < -0.39 is 0 Å². The Kier molecular flexibility index (Phi) is 4.83. The van der Waals surface area contributed by atoms with E-state index in [2.05, 4.69) is 37.2 Å². The van der Waals surface area contributed by atoms with Gasteiger partial charge in [-0.1, -0.05) is 15.9 Å². The number of hydrogen-bond donors (Lipinski definition) is 1. The molecule has 0 radical (unpaired) electrons. The van der Waals surface area contributed by atoms with Gasteiger partial charge in [0.05, 0.1) is 12.8 Å². The Morgan fingerprint density at radius 2 is 1.90 bits per heavy atom. The van der Waals surface area contributed by atoms with E-state index in [-0.39, 0.29) is 5.91 Å². The van der Waals surface area contributed by atoms with Gasteiger partial charge < -0.3 is 10.1 Å². The number of hydrogen-bond acceptors (Lipinski definition) is 2. The van der Waals surface area contributed by atoms with Crippen molar-refractivity contribution in [2.45, 2.75) is 6.92 Å². The van der Waals surface area contributed by atoms with Crippen LogP contribution in [-0.2, 0) is 0 Å². The molecule has 104 valence electrons. The fraction of sp³-hybridized carbons (Fsp3) is 0.133. The lowest BCUT2D eigenvalue weighted by Gasteiger charge is -2.10. The van der Waals surface area contributed by atoms with Gasteiger partial charge in [-0.2, -0.15) is 0 Å². The number of carbonyl (C=O) groups is 1. The monoisotopic (exact) mass is 397 g/mol. The summed E-state index contributed by atoms with van der Waals surface area (Å²) in [6.07, 6.45) is 0. The van der Waals surface area contributed by atoms with Crippen LogP contribution in [-0.4, -0.2) is 13.0 Å². The van der Waals surface area contributed by atoms with Gasteiger partial charge in [-0.25, -0.2) is 0 Å². The summed E-state index contributed by atoms with van der Waals surface area (Å²) >= 11 is 6.80. The second-order valence-electron chi connectivity index (χ2n) is 4.32. The zero-order chi connectivity index (χ0) is 14.7. The fourth-order valence-corrected chi connectivity index (χ4v) is 2.74. The second-order valence-corrected chi connectivity index (χ2v) is 6.09. The van der Waals surface area contributed by atoms with Crippen molar-refractivity contribution in [1.29, 1.82) is 0 Å². The molecule has 0 saturated heterocycles. The lowest BCUT2D eigenvalue weighted by atomic mass is 10.1. The van der Waals surface area contributed by atoms with Crippen LogP contribution in [0.1, 0.15) is 15.9 Å². The zero-order valence-corrected chi connectivity index (χ0v) is 14.2. The summed E-state index contributed by atoms with van der Waals surface area (Å²) in [5.41, 5.74) is 2.30. The Balaban J connectivity index is 2.27. The molecular weight excluding hydrogens is 386 g/mol. The standard InChI is InChI=1S/C15H13Br2NO2/c1-9-5-10(7-11(16)6-9)15(19)18-14-8-12(20-2)3-4-13(14)17/h3-8H,1-2H3,(H,18,19). The van der Waals surface area contributed by atoms with Gasteiger partial charge in [-0.15, -0.1) is 0 Å². The molecule has 0 bridgehead atoms. The average Bonchev–Trinajstić information content (AvgIpc) is 2.40. The normalized spacial score (nSPS) is 10.2. The number of aryl methyl sites for hydroxylation is 1. The van der Waals surface area contributed by atoms with Gasteiger partial charge in [-0.3, -0.25) is 4.79 Å². The summed E-state index contributed by atoms with van der Waals surface area (Å²) in [6, 6.07) is 11.0. The van der Waals surface area contributed by atoms with Crippen molar-refractivity contribution in [3.63, 3.8) is 0 Å². The first-order valence-corrected chi connectivity index (χ1v) is 7.50. The lowest BCUT2D eigenvalue weighted by Crippen LogP contribution is -2.12. The maximum Gasteiger partial charge on any atom is 0.255 e. The van der Waals surface area contributed by atoms with Crippen molar-refractivity contribution in [3.8, 4) is 5.75 Å². The molecule has 2 rings (SSSR count). The van der Waals surface area contributed by atoms with Gasteiger partial charge in [-0.05, 0) is 58.7 Å². The topological polar surface area (TPSA) is 38.3 Å². The van der Waals surface area contributed by atoms with Crippen molar-refractivity contribution in [3.05, 3.63) is 56.5 Å². The van der Waals surface area contributed by atoms with Gasteiger partial charge in [0.15, 0.2) is 0 Å². The highest BCUT2D eigenvalue weighted by Crippen LogP contribution is 2.27. The number of anilines is 1. The van der Waals surface area contributed by atoms with Crippen molar-refractivity contribution in [2.75, 3.05) is 12.4 Å². The minimum absolute atomic E-state index is 0.164. The predicted octanol–water partition coefficient (Wildman–Crippen LogP) is 4.78. The Bertz CT molecular complexity index is 636. The Hall–Kier alpha value is -1.33. The van der Waals surface area contributed by atoms with Crippen LogP contribution in [0.15, 0.2) is 45.3 Å². The number of amides is 1. The van der Waals surface area contributed by atoms with E-state index in [9.17, 15) is 4.79 Å². The van der Waals surface area contributed by atoms with Crippen molar-refractivity contribution in [2.24, 2.45) is 0 Å². The first-order valence-electron chi connectivity index (χ1n) is 5.91. The molecule has 0 aliphatic carbocycles. The van der Waals surface area contributed by atoms with Gasteiger partial charge in [0.2, 0.25) is 0 Å². The van der Waals surface area contributed by atoms with Crippen molar-refractivity contribution < 1.29 is 9.53 Å².